The maximum Gasteiger partial charge on any atom is 0.323 e. The molecule has 1 N–H and O–H groups in total. The Morgan fingerprint density at radius 3 is 2.47 bits per heavy atom. The first-order valence-electron chi connectivity index (χ1n) is 6.99. The molecule has 0 spiro atoms. The summed E-state index contributed by atoms with van der Waals surface area (Å²) < 4.78 is 5.52. The summed E-state index contributed by atoms with van der Waals surface area (Å²) in [5, 5.41) is 2.95. The highest BCUT2D eigenvalue weighted by molar-refractivity contribution is 5.38. The maximum absolute atomic E-state index is 5.52. The van der Waals surface area contributed by atoms with Crippen LogP contribution in [-0.4, -0.2) is 41.2 Å². The van der Waals surface area contributed by atoms with Crippen LogP contribution in [0.15, 0.2) is 0 Å². The van der Waals surface area contributed by atoms with E-state index in [0.29, 0.717) is 30.6 Å². The molecule has 0 aliphatic carbocycles. The Morgan fingerprint density at radius 2 is 1.95 bits per heavy atom. The molecule has 1 rings (SSSR count). The van der Waals surface area contributed by atoms with E-state index in [-0.39, 0.29) is 0 Å². The SMILES string of the molecule is CCCOc1nc(NC)nc(N(CC)C(C)CC)n1. The fraction of sp³-hybridized carbons (Fsp3) is 0.769. The lowest BCUT2D eigenvalue weighted by Crippen LogP contribution is -2.34. The first-order valence-corrected chi connectivity index (χ1v) is 6.99. The van der Waals surface area contributed by atoms with Gasteiger partial charge in [0, 0.05) is 19.6 Å². The van der Waals surface area contributed by atoms with Gasteiger partial charge in [-0.3, -0.25) is 0 Å². The van der Waals surface area contributed by atoms with E-state index in [4.69, 9.17) is 4.74 Å². The number of ether oxygens (including phenoxy) is 1. The molecule has 1 aromatic rings. The highest BCUT2D eigenvalue weighted by atomic mass is 16.5. The molecule has 0 saturated carbocycles. The molecule has 1 atom stereocenters. The zero-order chi connectivity index (χ0) is 14.3. The van der Waals surface area contributed by atoms with Gasteiger partial charge in [0.1, 0.15) is 0 Å². The van der Waals surface area contributed by atoms with Gasteiger partial charge in [0.15, 0.2) is 0 Å². The molecule has 19 heavy (non-hydrogen) atoms. The van der Waals surface area contributed by atoms with Crippen molar-refractivity contribution in [2.24, 2.45) is 0 Å². The number of anilines is 2. The first-order chi connectivity index (χ1) is 9.15. The van der Waals surface area contributed by atoms with Crippen LogP contribution in [0.4, 0.5) is 11.9 Å². The lowest BCUT2D eigenvalue weighted by atomic mass is 10.2. The lowest BCUT2D eigenvalue weighted by Gasteiger charge is -2.27. The predicted octanol–water partition coefficient (Wildman–Crippen LogP) is 2.33. The smallest absolute Gasteiger partial charge is 0.323 e. The van der Waals surface area contributed by atoms with Crippen molar-refractivity contribution in [2.75, 3.05) is 30.4 Å². The molecular weight excluding hydrogens is 242 g/mol. The summed E-state index contributed by atoms with van der Waals surface area (Å²) in [7, 11) is 1.79. The van der Waals surface area contributed by atoms with Crippen molar-refractivity contribution < 1.29 is 4.74 Å². The van der Waals surface area contributed by atoms with Gasteiger partial charge in [-0.2, -0.15) is 15.0 Å². The van der Waals surface area contributed by atoms with Gasteiger partial charge >= 0.3 is 6.01 Å². The molecule has 6 nitrogen and oxygen atoms in total. The van der Waals surface area contributed by atoms with Gasteiger partial charge in [0.05, 0.1) is 6.61 Å². The van der Waals surface area contributed by atoms with E-state index in [1.165, 1.54) is 0 Å². The molecular formula is C13H25N5O. The van der Waals surface area contributed by atoms with Gasteiger partial charge in [0.2, 0.25) is 11.9 Å². The normalized spacial score (nSPS) is 12.1. The van der Waals surface area contributed by atoms with Crippen molar-refractivity contribution >= 4 is 11.9 Å². The third-order valence-corrected chi connectivity index (χ3v) is 2.98. The molecule has 0 saturated heterocycles. The monoisotopic (exact) mass is 267 g/mol. The van der Waals surface area contributed by atoms with Gasteiger partial charge in [-0.15, -0.1) is 0 Å². The van der Waals surface area contributed by atoms with E-state index in [1.54, 1.807) is 7.05 Å². The summed E-state index contributed by atoms with van der Waals surface area (Å²) in [5.41, 5.74) is 0. The quantitative estimate of drug-likeness (QED) is 0.780. The number of hydrogen-bond donors (Lipinski definition) is 1. The molecule has 0 aliphatic heterocycles. The molecule has 0 aromatic carbocycles. The van der Waals surface area contributed by atoms with Crippen LogP contribution in [0.3, 0.4) is 0 Å². The first kappa shape index (κ1) is 15.5. The average Bonchev–Trinajstić information content (AvgIpc) is 2.45. The van der Waals surface area contributed by atoms with Crippen molar-refractivity contribution in [3.05, 3.63) is 0 Å². The minimum atomic E-state index is 0.385. The summed E-state index contributed by atoms with van der Waals surface area (Å²) in [5.74, 6) is 1.21. The van der Waals surface area contributed by atoms with E-state index >= 15 is 0 Å². The number of aromatic nitrogens is 3. The van der Waals surface area contributed by atoms with Crippen LogP contribution in [0.5, 0.6) is 6.01 Å². The minimum absolute atomic E-state index is 0.385. The summed E-state index contributed by atoms with van der Waals surface area (Å²) in [6.07, 6.45) is 1.97. The van der Waals surface area contributed by atoms with Crippen LogP contribution in [0, 0.1) is 0 Å². The van der Waals surface area contributed by atoms with Gasteiger partial charge < -0.3 is 15.0 Å². The van der Waals surface area contributed by atoms with Crippen molar-refractivity contribution in [2.45, 2.75) is 46.6 Å². The van der Waals surface area contributed by atoms with Crippen LogP contribution < -0.4 is 15.0 Å². The summed E-state index contributed by atoms with van der Waals surface area (Å²) >= 11 is 0. The summed E-state index contributed by atoms with van der Waals surface area (Å²) in [4.78, 5) is 15.2. The Bertz CT molecular complexity index is 385. The Labute approximate surface area is 115 Å². The van der Waals surface area contributed by atoms with E-state index in [2.05, 4.69) is 52.9 Å². The van der Waals surface area contributed by atoms with Crippen molar-refractivity contribution in [3.8, 4) is 6.01 Å². The van der Waals surface area contributed by atoms with Crippen molar-refractivity contribution in [3.63, 3.8) is 0 Å². The molecule has 0 aliphatic rings. The molecule has 0 amide bonds. The second-order valence-corrected chi connectivity index (χ2v) is 4.38. The Hall–Kier alpha value is -1.59. The fourth-order valence-electron chi connectivity index (χ4n) is 1.71. The van der Waals surface area contributed by atoms with Crippen molar-refractivity contribution in [1.82, 2.24) is 15.0 Å². The number of nitrogens with zero attached hydrogens (tertiary/aromatic N) is 4. The fourth-order valence-corrected chi connectivity index (χ4v) is 1.71. The van der Waals surface area contributed by atoms with Crippen LogP contribution in [0.2, 0.25) is 0 Å². The lowest BCUT2D eigenvalue weighted by molar-refractivity contribution is 0.291. The van der Waals surface area contributed by atoms with Crippen LogP contribution >= 0.6 is 0 Å². The number of rotatable bonds is 8. The summed E-state index contributed by atoms with van der Waals surface area (Å²) in [6.45, 7) is 9.94. The van der Waals surface area contributed by atoms with Crippen LogP contribution in [0.1, 0.15) is 40.5 Å². The maximum atomic E-state index is 5.52. The van der Waals surface area contributed by atoms with Gasteiger partial charge in [-0.05, 0) is 26.7 Å². The number of nitrogens with one attached hydrogen (secondary N) is 1. The second-order valence-electron chi connectivity index (χ2n) is 4.38. The zero-order valence-corrected chi connectivity index (χ0v) is 12.6. The average molecular weight is 267 g/mol. The van der Waals surface area contributed by atoms with Crippen molar-refractivity contribution in [1.29, 1.82) is 0 Å². The largest absolute Gasteiger partial charge is 0.463 e. The van der Waals surface area contributed by atoms with E-state index < -0.39 is 0 Å². The van der Waals surface area contributed by atoms with E-state index in [0.717, 1.165) is 19.4 Å². The van der Waals surface area contributed by atoms with E-state index in [1.807, 2.05) is 0 Å². The molecule has 1 heterocycles. The Morgan fingerprint density at radius 1 is 1.21 bits per heavy atom. The van der Waals surface area contributed by atoms with Gasteiger partial charge in [0.25, 0.3) is 0 Å². The minimum Gasteiger partial charge on any atom is -0.463 e. The number of hydrogen-bond acceptors (Lipinski definition) is 6. The Kier molecular flexibility index (Phi) is 6.32. The second kappa shape index (κ2) is 7.76. The Balaban J connectivity index is 3.03. The molecule has 0 fully saturated rings. The predicted molar refractivity (Wildman–Crippen MR) is 77.9 cm³/mol. The molecule has 6 heteroatoms. The highest BCUT2D eigenvalue weighted by Gasteiger charge is 2.16. The molecule has 108 valence electrons. The third kappa shape index (κ3) is 4.22. The molecule has 0 bridgehead atoms. The zero-order valence-electron chi connectivity index (χ0n) is 12.6. The summed E-state index contributed by atoms with van der Waals surface area (Å²) in [6, 6.07) is 0.772. The molecule has 0 radical (unpaired) electrons. The third-order valence-electron chi connectivity index (χ3n) is 2.98. The topological polar surface area (TPSA) is 63.2 Å². The molecule has 1 unspecified atom stereocenters. The van der Waals surface area contributed by atoms with Gasteiger partial charge in [-0.1, -0.05) is 13.8 Å². The van der Waals surface area contributed by atoms with Crippen LogP contribution in [0.25, 0.3) is 0 Å². The molecule has 1 aromatic heterocycles. The van der Waals surface area contributed by atoms with Crippen LogP contribution in [-0.2, 0) is 0 Å². The van der Waals surface area contributed by atoms with Gasteiger partial charge in [-0.25, -0.2) is 0 Å². The standard InChI is InChI=1S/C13H25N5O/c1-6-9-19-13-16-11(14-5)15-12(17-13)18(8-3)10(4)7-2/h10H,6-9H2,1-5H3,(H,14,15,16,17). The van der Waals surface area contributed by atoms with E-state index in [9.17, 15) is 0 Å². The highest BCUT2D eigenvalue weighted by Crippen LogP contribution is 2.18.